The number of benzene rings is 2. The molecule has 19 heavy (non-hydrogen) atoms. The molecule has 0 saturated carbocycles. The van der Waals surface area contributed by atoms with Crippen molar-refractivity contribution in [1.82, 2.24) is 5.32 Å². The molecule has 3 rings (SSSR count). The first kappa shape index (κ1) is 12.2. The van der Waals surface area contributed by atoms with Crippen molar-refractivity contribution in [2.75, 3.05) is 13.6 Å². The maximum Gasteiger partial charge on any atom is 0.130 e. The van der Waals surface area contributed by atoms with Crippen molar-refractivity contribution in [3.8, 4) is 16.9 Å². The van der Waals surface area contributed by atoms with Gasteiger partial charge in [0.2, 0.25) is 0 Å². The Labute approximate surface area is 114 Å². The van der Waals surface area contributed by atoms with Gasteiger partial charge >= 0.3 is 0 Å². The Morgan fingerprint density at radius 2 is 1.89 bits per heavy atom. The van der Waals surface area contributed by atoms with Crippen molar-refractivity contribution in [3.63, 3.8) is 0 Å². The first-order chi connectivity index (χ1) is 9.29. The highest BCUT2D eigenvalue weighted by molar-refractivity contribution is 5.75. The molecule has 0 aromatic heterocycles. The predicted molar refractivity (Wildman–Crippen MR) is 78.7 cm³/mol. The molecule has 1 N–H and O–H groups in total. The Balaban J connectivity index is 2.03. The molecule has 2 aromatic carbocycles. The summed E-state index contributed by atoms with van der Waals surface area (Å²) in [6.45, 7) is 3.04. The molecule has 1 heterocycles. The van der Waals surface area contributed by atoms with Crippen molar-refractivity contribution in [3.05, 3.63) is 53.6 Å². The third-order valence-electron chi connectivity index (χ3n) is 3.70. The van der Waals surface area contributed by atoms with Gasteiger partial charge in [-0.1, -0.05) is 42.5 Å². The number of hydrogen-bond donors (Lipinski definition) is 1. The van der Waals surface area contributed by atoms with E-state index in [1.54, 1.807) is 0 Å². The average molecular weight is 253 g/mol. The molecule has 2 heteroatoms. The van der Waals surface area contributed by atoms with Crippen LogP contribution in [0.3, 0.4) is 0 Å². The smallest absolute Gasteiger partial charge is 0.130 e. The molecule has 0 saturated heterocycles. The minimum Gasteiger partial charge on any atom is -0.488 e. The molecule has 0 radical (unpaired) electrons. The second kappa shape index (κ2) is 5.06. The Morgan fingerprint density at radius 1 is 1.11 bits per heavy atom. The molecule has 1 aliphatic rings. The van der Waals surface area contributed by atoms with Gasteiger partial charge < -0.3 is 10.1 Å². The van der Waals surface area contributed by atoms with Crippen LogP contribution >= 0.6 is 0 Å². The van der Waals surface area contributed by atoms with E-state index >= 15 is 0 Å². The van der Waals surface area contributed by atoms with Crippen LogP contribution in [0.1, 0.15) is 11.1 Å². The number of rotatable bonds is 3. The molecule has 1 aliphatic heterocycles. The third-order valence-corrected chi connectivity index (χ3v) is 3.70. The minimum absolute atomic E-state index is 0.255. The van der Waals surface area contributed by atoms with Crippen molar-refractivity contribution in [2.24, 2.45) is 0 Å². The summed E-state index contributed by atoms with van der Waals surface area (Å²) in [4.78, 5) is 0. The summed E-state index contributed by atoms with van der Waals surface area (Å²) in [5, 5.41) is 3.19. The molecular weight excluding hydrogens is 234 g/mol. The third kappa shape index (κ3) is 2.24. The van der Waals surface area contributed by atoms with E-state index < -0.39 is 0 Å². The Bertz CT molecular complexity index is 592. The van der Waals surface area contributed by atoms with Gasteiger partial charge in [0.05, 0.1) is 0 Å². The summed E-state index contributed by atoms with van der Waals surface area (Å²) < 4.78 is 6.13. The number of ether oxygens (including phenoxy) is 1. The van der Waals surface area contributed by atoms with E-state index in [2.05, 4.69) is 54.7 Å². The molecule has 0 aliphatic carbocycles. The van der Waals surface area contributed by atoms with Gasteiger partial charge in [0.25, 0.3) is 0 Å². The van der Waals surface area contributed by atoms with Crippen molar-refractivity contribution in [2.45, 2.75) is 19.4 Å². The largest absolute Gasteiger partial charge is 0.488 e. The summed E-state index contributed by atoms with van der Waals surface area (Å²) in [6.07, 6.45) is 1.25. The molecule has 1 atom stereocenters. The van der Waals surface area contributed by atoms with E-state index in [1.165, 1.54) is 22.3 Å². The first-order valence-electron chi connectivity index (χ1n) is 6.78. The summed E-state index contributed by atoms with van der Waals surface area (Å²) in [7, 11) is 1.97. The molecule has 0 bridgehead atoms. The SMILES string of the molecule is CNCC1Cc2cccc(-c3ccccc3C)c2O1. The summed E-state index contributed by atoms with van der Waals surface area (Å²) in [5.41, 5.74) is 5.09. The van der Waals surface area contributed by atoms with Crippen LogP contribution < -0.4 is 10.1 Å². The van der Waals surface area contributed by atoms with Crippen LogP contribution in [0.2, 0.25) is 0 Å². The molecule has 2 aromatic rings. The van der Waals surface area contributed by atoms with E-state index in [1.807, 2.05) is 7.05 Å². The first-order valence-corrected chi connectivity index (χ1v) is 6.78. The van der Waals surface area contributed by atoms with Crippen LogP contribution in [0.15, 0.2) is 42.5 Å². The standard InChI is InChI=1S/C17H19NO/c1-12-6-3-4-8-15(12)16-9-5-7-13-10-14(11-18-2)19-17(13)16/h3-9,14,18H,10-11H2,1-2H3. The number of nitrogens with one attached hydrogen (secondary N) is 1. The van der Waals surface area contributed by atoms with E-state index in [-0.39, 0.29) is 6.10 Å². The molecular formula is C17H19NO. The number of hydrogen-bond acceptors (Lipinski definition) is 2. The van der Waals surface area contributed by atoms with Crippen molar-refractivity contribution in [1.29, 1.82) is 0 Å². The van der Waals surface area contributed by atoms with Crippen LogP contribution in [0.25, 0.3) is 11.1 Å². The average Bonchev–Trinajstić information content (AvgIpc) is 2.82. The number of likely N-dealkylation sites (N-methyl/N-ethyl adjacent to an activating group) is 1. The highest BCUT2D eigenvalue weighted by Crippen LogP contribution is 2.39. The Morgan fingerprint density at radius 3 is 2.68 bits per heavy atom. The molecule has 0 spiro atoms. The van der Waals surface area contributed by atoms with E-state index in [0.717, 1.165) is 18.7 Å². The lowest BCUT2D eigenvalue weighted by Gasteiger charge is -2.13. The molecule has 2 nitrogen and oxygen atoms in total. The highest BCUT2D eigenvalue weighted by Gasteiger charge is 2.25. The van der Waals surface area contributed by atoms with Gasteiger partial charge in [0.1, 0.15) is 11.9 Å². The fourth-order valence-corrected chi connectivity index (χ4v) is 2.77. The van der Waals surface area contributed by atoms with Gasteiger partial charge in [0, 0.05) is 18.5 Å². The van der Waals surface area contributed by atoms with Crippen LogP contribution in [-0.2, 0) is 6.42 Å². The van der Waals surface area contributed by atoms with Crippen LogP contribution in [0, 0.1) is 6.92 Å². The topological polar surface area (TPSA) is 21.3 Å². The normalized spacial score (nSPS) is 17.1. The van der Waals surface area contributed by atoms with Crippen molar-refractivity contribution < 1.29 is 4.74 Å². The van der Waals surface area contributed by atoms with E-state index in [0.29, 0.717) is 0 Å². The van der Waals surface area contributed by atoms with Gasteiger partial charge in [-0.25, -0.2) is 0 Å². The van der Waals surface area contributed by atoms with Gasteiger partial charge in [-0.15, -0.1) is 0 Å². The fourth-order valence-electron chi connectivity index (χ4n) is 2.77. The molecule has 98 valence electrons. The van der Waals surface area contributed by atoms with Crippen molar-refractivity contribution >= 4 is 0 Å². The molecule has 0 amide bonds. The number of fused-ring (bicyclic) bond motifs is 1. The lowest BCUT2D eigenvalue weighted by molar-refractivity contribution is 0.232. The lowest BCUT2D eigenvalue weighted by Crippen LogP contribution is -2.27. The quantitative estimate of drug-likeness (QED) is 0.907. The van der Waals surface area contributed by atoms with Gasteiger partial charge in [0.15, 0.2) is 0 Å². The second-order valence-corrected chi connectivity index (χ2v) is 5.11. The summed E-state index contributed by atoms with van der Waals surface area (Å²) >= 11 is 0. The minimum atomic E-state index is 0.255. The maximum atomic E-state index is 6.13. The maximum absolute atomic E-state index is 6.13. The summed E-state index contributed by atoms with van der Waals surface area (Å²) in [5.74, 6) is 1.07. The van der Waals surface area contributed by atoms with Gasteiger partial charge in [-0.05, 0) is 30.7 Å². The van der Waals surface area contributed by atoms with Gasteiger partial charge in [-0.2, -0.15) is 0 Å². The fraction of sp³-hybridized carbons (Fsp3) is 0.294. The second-order valence-electron chi connectivity index (χ2n) is 5.11. The number of aryl methyl sites for hydroxylation is 1. The predicted octanol–water partition coefficient (Wildman–Crippen LogP) is 3.18. The Hall–Kier alpha value is -1.80. The van der Waals surface area contributed by atoms with E-state index in [9.17, 15) is 0 Å². The van der Waals surface area contributed by atoms with Crippen LogP contribution in [-0.4, -0.2) is 19.7 Å². The zero-order valence-electron chi connectivity index (χ0n) is 11.4. The molecule has 0 fully saturated rings. The van der Waals surface area contributed by atoms with Crippen LogP contribution in [0.5, 0.6) is 5.75 Å². The lowest BCUT2D eigenvalue weighted by atomic mass is 9.97. The Kier molecular flexibility index (Phi) is 3.26. The van der Waals surface area contributed by atoms with Crippen LogP contribution in [0.4, 0.5) is 0 Å². The molecule has 1 unspecified atom stereocenters. The monoisotopic (exact) mass is 253 g/mol. The zero-order chi connectivity index (χ0) is 13.2. The highest BCUT2D eigenvalue weighted by atomic mass is 16.5. The van der Waals surface area contributed by atoms with Gasteiger partial charge in [-0.3, -0.25) is 0 Å². The zero-order valence-corrected chi connectivity index (χ0v) is 11.4. The summed E-state index contributed by atoms with van der Waals surface area (Å²) in [6, 6.07) is 14.9. The number of para-hydroxylation sites is 1. The van der Waals surface area contributed by atoms with E-state index in [4.69, 9.17) is 4.74 Å².